The molecule has 2 bridgehead atoms. The Morgan fingerprint density at radius 2 is 1.96 bits per heavy atom. The average Bonchev–Trinajstić information content (AvgIpc) is 3.23. The Kier molecular flexibility index (Phi) is 6.51. The van der Waals surface area contributed by atoms with Crippen LogP contribution in [0.1, 0.15) is 48.9 Å². The first kappa shape index (κ1) is 20.5. The molecule has 9 heteroatoms. The van der Waals surface area contributed by atoms with Gasteiger partial charge in [-0.2, -0.15) is 0 Å². The van der Waals surface area contributed by atoms with E-state index in [2.05, 4.69) is 25.7 Å². The Hall–Kier alpha value is -2.19. The van der Waals surface area contributed by atoms with E-state index >= 15 is 0 Å². The maximum Gasteiger partial charge on any atom is 0.253 e. The van der Waals surface area contributed by atoms with Crippen LogP contribution in [0.25, 0.3) is 5.65 Å². The van der Waals surface area contributed by atoms with Crippen LogP contribution in [-0.2, 0) is 4.79 Å². The summed E-state index contributed by atoms with van der Waals surface area (Å²) in [5.41, 5.74) is 1.31. The van der Waals surface area contributed by atoms with Gasteiger partial charge in [0.05, 0.1) is 5.56 Å². The first-order chi connectivity index (χ1) is 13.2. The van der Waals surface area contributed by atoms with Gasteiger partial charge >= 0.3 is 0 Å². The van der Waals surface area contributed by atoms with E-state index in [1.165, 1.54) is 0 Å². The zero-order chi connectivity index (χ0) is 18.8. The van der Waals surface area contributed by atoms with Crippen molar-refractivity contribution in [2.45, 2.75) is 56.7 Å². The van der Waals surface area contributed by atoms with Crippen LogP contribution in [0.2, 0.25) is 0 Å². The van der Waals surface area contributed by atoms with Gasteiger partial charge in [0.1, 0.15) is 6.33 Å². The second-order valence-electron chi connectivity index (χ2n) is 7.55. The van der Waals surface area contributed by atoms with Crippen molar-refractivity contribution in [3.63, 3.8) is 0 Å². The van der Waals surface area contributed by atoms with Crippen LogP contribution in [0.3, 0.4) is 0 Å². The number of carbonyl (C=O) groups excluding carboxylic acids is 2. The van der Waals surface area contributed by atoms with Gasteiger partial charge in [-0.25, -0.2) is 0 Å². The third-order valence-corrected chi connectivity index (χ3v) is 5.73. The van der Waals surface area contributed by atoms with Crippen LogP contribution in [0.15, 0.2) is 24.7 Å². The molecule has 8 nitrogen and oxygen atoms in total. The predicted molar refractivity (Wildman–Crippen MR) is 108 cm³/mol. The lowest BCUT2D eigenvalue weighted by molar-refractivity contribution is -0.135. The van der Waals surface area contributed by atoms with Gasteiger partial charge in [0, 0.05) is 30.7 Å². The minimum absolute atomic E-state index is 0. The molecule has 0 aromatic carbocycles. The molecule has 28 heavy (non-hydrogen) atoms. The fourth-order valence-electron chi connectivity index (χ4n) is 4.48. The molecule has 0 spiro atoms. The van der Waals surface area contributed by atoms with E-state index < -0.39 is 0 Å². The molecule has 2 atom stereocenters. The van der Waals surface area contributed by atoms with E-state index in [9.17, 15) is 9.59 Å². The van der Waals surface area contributed by atoms with Gasteiger partial charge in [-0.1, -0.05) is 0 Å². The summed E-state index contributed by atoms with van der Waals surface area (Å²) >= 11 is 0. The average molecular weight is 407 g/mol. The van der Waals surface area contributed by atoms with Gasteiger partial charge in [-0.3, -0.25) is 14.0 Å². The van der Waals surface area contributed by atoms with Crippen molar-refractivity contribution >= 4 is 29.9 Å². The van der Waals surface area contributed by atoms with Crippen LogP contribution < -0.4 is 10.6 Å². The van der Waals surface area contributed by atoms with Crippen molar-refractivity contribution < 1.29 is 9.59 Å². The Morgan fingerprint density at radius 1 is 1.21 bits per heavy atom. The van der Waals surface area contributed by atoms with Gasteiger partial charge in [-0.15, -0.1) is 22.6 Å². The number of carbonyl (C=O) groups is 2. The standard InChI is InChI=1S/C19H26N6O2.ClH/c1-20-8-2-3-18(26)25-15-5-6-16(25)10-14(9-15)22-19(27)13-4-7-17-23-21-12-24(17)11-13;/h4,7,11-12,14-16,20H,2-3,5-6,8-10H2,1H3,(H,22,27);1H. The van der Waals surface area contributed by atoms with Crippen molar-refractivity contribution in [2.24, 2.45) is 0 Å². The summed E-state index contributed by atoms with van der Waals surface area (Å²) in [5, 5.41) is 14.0. The number of halogens is 1. The van der Waals surface area contributed by atoms with Gasteiger partial charge in [-0.05, 0) is 57.8 Å². The van der Waals surface area contributed by atoms with Crippen LogP contribution in [0.4, 0.5) is 0 Å². The molecular weight excluding hydrogens is 380 g/mol. The molecule has 2 N–H and O–H groups in total. The molecule has 2 saturated heterocycles. The highest BCUT2D eigenvalue weighted by molar-refractivity contribution is 5.94. The summed E-state index contributed by atoms with van der Waals surface area (Å²) < 4.78 is 1.74. The lowest BCUT2D eigenvalue weighted by atomic mass is 9.96. The number of hydrogen-bond donors (Lipinski definition) is 2. The number of nitrogens with one attached hydrogen (secondary N) is 2. The zero-order valence-electron chi connectivity index (χ0n) is 16.0. The topological polar surface area (TPSA) is 91.6 Å². The van der Waals surface area contributed by atoms with E-state index in [4.69, 9.17) is 0 Å². The van der Waals surface area contributed by atoms with Crippen LogP contribution in [-0.4, -0.2) is 63.0 Å². The fourth-order valence-corrected chi connectivity index (χ4v) is 4.48. The number of pyridine rings is 1. The molecule has 2 aromatic heterocycles. The molecule has 0 saturated carbocycles. The SMILES string of the molecule is CNCCCC(=O)N1C2CCC1CC(NC(=O)c1ccc3nncn3c1)C2.Cl. The first-order valence-corrected chi connectivity index (χ1v) is 9.71. The molecule has 2 aliphatic heterocycles. The minimum atomic E-state index is -0.0798. The summed E-state index contributed by atoms with van der Waals surface area (Å²) in [6, 6.07) is 4.20. The summed E-state index contributed by atoms with van der Waals surface area (Å²) in [6.07, 6.45) is 8.58. The molecule has 2 amide bonds. The maximum absolute atomic E-state index is 12.6. The molecule has 2 fully saturated rings. The highest BCUT2D eigenvalue weighted by Gasteiger charge is 2.43. The van der Waals surface area contributed by atoms with Crippen LogP contribution in [0.5, 0.6) is 0 Å². The van der Waals surface area contributed by atoms with Gasteiger partial charge in [0.15, 0.2) is 5.65 Å². The lowest BCUT2D eigenvalue weighted by Gasteiger charge is -2.39. The summed E-state index contributed by atoms with van der Waals surface area (Å²) in [6.45, 7) is 0.865. The number of piperidine rings is 1. The van der Waals surface area contributed by atoms with Gasteiger partial charge < -0.3 is 15.5 Å². The van der Waals surface area contributed by atoms with Crippen molar-refractivity contribution in [2.75, 3.05) is 13.6 Å². The highest BCUT2D eigenvalue weighted by atomic mass is 35.5. The van der Waals surface area contributed by atoms with E-state index in [1.54, 1.807) is 29.1 Å². The molecule has 4 rings (SSSR count). The molecule has 0 radical (unpaired) electrons. The molecule has 0 aliphatic carbocycles. The van der Waals surface area contributed by atoms with Crippen LogP contribution >= 0.6 is 12.4 Å². The third kappa shape index (κ3) is 4.12. The zero-order valence-corrected chi connectivity index (χ0v) is 16.8. The number of aromatic nitrogens is 3. The Labute approximate surface area is 170 Å². The fraction of sp³-hybridized carbons (Fsp3) is 0.579. The highest BCUT2D eigenvalue weighted by Crippen LogP contribution is 2.36. The second kappa shape index (κ2) is 8.87. The summed E-state index contributed by atoms with van der Waals surface area (Å²) in [4.78, 5) is 27.3. The van der Waals surface area contributed by atoms with E-state index in [0.717, 1.165) is 44.3 Å². The molecule has 2 aromatic rings. The van der Waals surface area contributed by atoms with Gasteiger partial charge in [0.25, 0.3) is 5.91 Å². The normalized spacial score (nSPS) is 23.5. The Morgan fingerprint density at radius 3 is 2.68 bits per heavy atom. The largest absolute Gasteiger partial charge is 0.349 e. The second-order valence-corrected chi connectivity index (χ2v) is 7.55. The molecular formula is C19H27ClN6O2. The van der Waals surface area contributed by atoms with Gasteiger partial charge in [0.2, 0.25) is 5.91 Å². The molecule has 152 valence electrons. The molecule has 2 aliphatic rings. The maximum atomic E-state index is 12.6. The summed E-state index contributed by atoms with van der Waals surface area (Å²) in [5.74, 6) is 0.185. The van der Waals surface area contributed by atoms with E-state index in [0.29, 0.717) is 12.0 Å². The van der Waals surface area contributed by atoms with E-state index in [1.807, 2.05) is 7.05 Å². The van der Waals surface area contributed by atoms with Crippen molar-refractivity contribution in [1.82, 2.24) is 30.1 Å². The quantitative estimate of drug-likeness (QED) is 0.707. The van der Waals surface area contributed by atoms with Crippen molar-refractivity contribution in [3.8, 4) is 0 Å². The minimum Gasteiger partial charge on any atom is -0.349 e. The van der Waals surface area contributed by atoms with Crippen molar-refractivity contribution in [1.29, 1.82) is 0 Å². The predicted octanol–water partition coefficient (Wildman–Crippen LogP) is 1.40. The number of amides is 2. The number of nitrogens with zero attached hydrogens (tertiary/aromatic N) is 4. The Bertz CT molecular complexity index is 827. The summed E-state index contributed by atoms with van der Waals surface area (Å²) in [7, 11) is 1.91. The smallest absolute Gasteiger partial charge is 0.253 e. The number of fused-ring (bicyclic) bond motifs is 3. The van der Waals surface area contributed by atoms with E-state index in [-0.39, 0.29) is 42.3 Å². The lowest BCUT2D eigenvalue weighted by Crippen LogP contribution is -2.52. The number of hydrogen-bond acceptors (Lipinski definition) is 5. The first-order valence-electron chi connectivity index (χ1n) is 9.71. The molecule has 4 heterocycles. The monoisotopic (exact) mass is 406 g/mol. The number of rotatable bonds is 6. The Balaban J connectivity index is 0.00000225. The van der Waals surface area contributed by atoms with Crippen molar-refractivity contribution in [3.05, 3.63) is 30.2 Å². The molecule has 2 unspecified atom stereocenters. The third-order valence-electron chi connectivity index (χ3n) is 5.73. The van der Waals surface area contributed by atoms with Crippen LogP contribution in [0, 0.1) is 0 Å².